The van der Waals surface area contributed by atoms with Gasteiger partial charge in [-0.05, 0) is 24.7 Å². The van der Waals surface area contributed by atoms with E-state index in [2.05, 4.69) is 11.9 Å². The highest BCUT2D eigenvalue weighted by Crippen LogP contribution is 2.23. The molecule has 2 aromatic rings. The Bertz CT molecular complexity index is 588. The van der Waals surface area contributed by atoms with Crippen LogP contribution in [-0.2, 0) is 6.54 Å². The number of aromatic amines is 1. The molecule has 0 aliphatic rings. The first-order chi connectivity index (χ1) is 8.13. The Hall–Kier alpha value is -0.870. The molecule has 0 amide bonds. The number of H-pyrrole nitrogens is 1. The fourth-order valence-electron chi connectivity index (χ4n) is 1.89. The van der Waals surface area contributed by atoms with E-state index < -0.39 is 5.82 Å². The van der Waals surface area contributed by atoms with Gasteiger partial charge < -0.3 is 9.55 Å². The van der Waals surface area contributed by atoms with Crippen LogP contribution in [0.1, 0.15) is 26.2 Å². The summed E-state index contributed by atoms with van der Waals surface area (Å²) in [6.45, 7) is 3.00. The largest absolute Gasteiger partial charge is 0.330 e. The molecular formula is C12H14ClFN2S. The lowest BCUT2D eigenvalue weighted by Crippen LogP contribution is -1.97. The minimum atomic E-state index is -0.420. The maximum atomic E-state index is 13.3. The van der Waals surface area contributed by atoms with Crippen LogP contribution in [0.15, 0.2) is 12.1 Å². The molecule has 0 unspecified atom stereocenters. The second kappa shape index (κ2) is 5.19. The van der Waals surface area contributed by atoms with Gasteiger partial charge in [0.25, 0.3) is 0 Å². The van der Waals surface area contributed by atoms with Crippen LogP contribution in [0.4, 0.5) is 4.39 Å². The van der Waals surface area contributed by atoms with Crippen molar-refractivity contribution in [1.82, 2.24) is 9.55 Å². The van der Waals surface area contributed by atoms with Crippen molar-refractivity contribution in [1.29, 1.82) is 0 Å². The summed E-state index contributed by atoms with van der Waals surface area (Å²) in [6.07, 6.45) is 3.38. The van der Waals surface area contributed by atoms with E-state index in [1.54, 1.807) is 6.07 Å². The van der Waals surface area contributed by atoms with Crippen molar-refractivity contribution in [2.75, 3.05) is 0 Å². The number of hydrogen-bond acceptors (Lipinski definition) is 1. The van der Waals surface area contributed by atoms with E-state index >= 15 is 0 Å². The lowest BCUT2D eigenvalue weighted by atomic mass is 10.2. The molecule has 1 aromatic heterocycles. The molecule has 0 spiro atoms. The first kappa shape index (κ1) is 12.6. The van der Waals surface area contributed by atoms with Gasteiger partial charge in [-0.1, -0.05) is 31.4 Å². The quantitative estimate of drug-likeness (QED) is 0.633. The van der Waals surface area contributed by atoms with Crippen LogP contribution in [0.5, 0.6) is 0 Å². The highest BCUT2D eigenvalue weighted by molar-refractivity contribution is 7.71. The number of hydrogen-bond donors (Lipinski definition) is 1. The molecule has 5 heteroatoms. The van der Waals surface area contributed by atoms with Crippen molar-refractivity contribution >= 4 is 34.9 Å². The molecule has 92 valence electrons. The molecule has 1 N–H and O–H groups in total. The van der Waals surface area contributed by atoms with Gasteiger partial charge in [-0.25, -0.2) is 4.39 Å². The molecule has 2 nitrogen and oxygen atoms in total. The van der Waals surface area contributed by atoms with Crippen LogP contribution in [0.2, 0.25) is 5.02 Å². The molecule has 0 saturated heterocycles. The summed E-state index contributed by atoms with van der Waals surface area (Å²) in [5.41, 5.74) is 1.57. The topological polar surface area (TPSA) is 20.7 Å². The summed E-state index contributed by atoms with van der Waals surface area (Å²) in [4.78, 5) is 3.00. The van der Waals surface area contributed by atoms with Gasteiger partial charge in [0.15, 0.2) is 4.77 Å². The molecule has 0 radical (unpaired) electrons. The zero-order chi connectivity index (χ0) is 12.4. The zero-order valence-corrected chi connectivity index (χ0v) is 11.2. The lowest BCUT2D eigenvalue weighted by molar-refractivity contribution is 0.608. The van der Waals surface area contributed by atoms with Gasteiger partial charge in [-0.3, -0.25) is 0 Å². The summed E-state index contributed by atoms with van der Waals surface area (Å²) in [5.74, 6) is -0.420. The second-order valence-corrected chi connectivity index (χ2v) is 4.87. The highest BCUT2D eigenvalue weighted by Gasteiger charge is 2.08. The number of nitrogens with zero attached hydrogens (tertiary/aromatic N) is 1. The van der Waals surface area contributed by atoms with Gasteiger partial charge in [0.05, 0.1) is 16.1 Å². The molecule has 0 atom stereocenters. The Morgan fingerprint density at radius 1 is 1.41 bits per heavy atom. The minimum Gasteiger partial charge on any atom is -0.330 e. The number of imidazole rings is 1. The van der Waals surface area contributed by atoms with Gasteiger partial charge >= 0.3 is 0 Å². The molecule has 1 aromatic carbocycles. The lowest BCUT2D eigenvalue weighted by Gasteiger charge is -2.04. The third-order valence-electron chi connectivity index (χ3n) is 2.80. The molecule has 17 heavy (non-hydrogen) atoms. The average Bonchev–Trinajstić information content (AvgIpc) is 2.57. The smallest absolute Gasteiger partial charge is 0.178 e. The number of fused-ring (bicyclic) bond motifs is 1. The predicted octanol–water partition coefficient (Wildman–Crippen LogP) is 4.68. The van der Waals surface area contributed by atoms with E-state index in [0.29, 0.717) is 10.3 Å². The molecule has 0 saturated carbocycles. The number of rotatable bonds is 4. The Balaban J connectivity index is 2.44. The normalized spacial score (nSPS) is 11.2. The Kier molecular flexibility index (Phi) is 3.84. The molecule has 2 rings (SSSR count). The van der Waals surface area contributed by atoms with E-state index in [0.717, 1.165) is 31.3 Å². The Morgan fingerprint density at radius 3 is 2.88 bits per heavy atom. The molecule has 0 fully saturated rings. The van der Waals surface area contributed by atoms with Gasteiger partial charge in [-0.2, -0.15) is 0 Å². The maximum Gasteiger partial charge on any atom is 0.178 e. The average molecular weight is 273 g/mol. The van der Waals surface area contributed by atoms with Crippen LogP contribution in [0.3, 0.4) is 0 Å². The van der Waals surface area contributed by atoms with Gasteiger partial charge in [0, 0.05) is 12.6 Å². The van der Waals surface area contributed by atoms with Crippen molar-refractivity contribution in [3.8, 4) is 0 Å². The summed E-state index contributed by atoms with van der Waals surface area (Å²) in [7, 11) is 0. The van der Waals surface area contributed by atoms with Crippen LogP contribution < -0.4 is 0 Å². The number of halogens is 2. The van der Waals surface area contributed by atoms with Gasteiger partial charge in [0.2, 0.25) is 0 Å². The van der Waals surface area contributed by atoms with E-state index in [1.165, 1.54) is 6.07 Å². The standard InChI is InChI=1S/C12H14ClFN2S/c1-2-3-4-5-16-11-6-8(13)9(14)7-10(11)15-12(16)17/h6-7H,2-5H2,1H3,(H,15,17). The SMILES string of the molecule is CCCCCn1c(=S)[nH]c2cc(F)c(Cl)cc21. The molecule has 1 heterocycles. The fourth-order valence-corrected chi connectivity index (χ4v) is 2.35. The van der Waals surface area contributed by atoms with E-state index in [4.69, 9.17) is 23.8 Å². The third-order valence-corrected chi connectivity index (χ3v) is 3.41. The first-order valence-electron chi connectivity index (χ1n) is 5.71. The monoisotopic (exact) mass is 272 g/mol. The zero-order valence-electron chi connectivity index (χ0n) is 9.59. The highest BCUT2D eigenvalue weighted by atomic mass is 35.5. The molecule has 0 bridgehead atoms. The number of aromatic nitrogens is 2. The van der Waals surface area contributed by atoms with Crippen molar-refractivity contribution in [3.63, 3.8) is 0 Å². The van der Waals surface area contributed by atoms with Crippen molar-refractivity contribution in [3.05, 3.63) is 27.7 Å². The second-order valence-electron chi connectivity index (χ2n) is 4.07. The van der Waals surface area contributed by atoms with Crippen molar-refractivity contribution in [2.45, 2.75) is 32.7 Å². The Labute approximate surface area is 109 Å². The number of aryl methyl sites for hydroxylation is 1. The van der Waals surface area contributed by atoms with Crippen molar-refractivity contribution in [2.24, 2.45) is 0 Å². The van der Waals surface area contributed by atoms with E-state index in [9.17, 15) is 4.39 Å². The third kappa shape index (κ3) is 2.53. The maximum absolute atomic E-state index is 13.3. The summed E-state index contributed by atoms with van der Waals surface area (Å²) in [6, 6.07) is 3.02. The summed E-state index contributed by atoms with van der Waals surface area (Å²) >= 11 is 11.0. The van der Waals surface area contributed by atoms with Crippen LogP contribution >= 0.6 is 23.8 Å². The minimum absolute atomic E-state index is 0.135. The number of unbranched alkanes of at least 4 members (excludes halogenated alkanes) is 2. The van der Waals surface area contributed by atoms with Crippen molar-refractivity contribution < 1.29 is 4.39 Å². The molecule has 0 aliphatic heterocycles. The number of nitrogens with one attached hydrogen (secondary N) is 1. The van der Waals surface area contributed by atoms with Crippen LogP contribution in [0, 0.1) is 10.6 Å². The predicted molar refractivity (Wildman–Crippen MR) is 71.6 cm³/mol. The van der Waals surface area contributed by atoms with E-state index in [1.807, 2.05) is 4.57 Å². The van der Waals surface area contributed by atoms with E-state index in [-0.39, 0.29) is 5.02 Å². The van der Waals surface area contributed by atoms with Gasteiger partial charge in [-0.15, -0.1) is 0 Å². The van der Waals surface area contributed by atoms with Crippen LogP contribution in [-0.4, -0.2) is 9.55 Å². The first-order valence-corrected chi connectivity index (χ1v) is 6.49. The summed E-state index contributed by atoms with van der Waals surface area (Å²) < 4.78 is 15.9. The van der Waals surface area contributed by atoms with Crippen LogP contribution in [0.25, 0.3) is 11.0 Å². The number of benzene rings is 1. The fraction of sp³-hybridized carbons (Fsp3) is 0.417. The Morgan fingerprint density at radius 2 is 2.18 bits per heavy atom. The summed E-state index contributed by atoms with van der Waals surface area (Å²) in [5, 5.41) is 0.135. The molecule has 0 aliphatic carbocycles. The molecular weight excluding hydrogens is 259 g/mol. The van der Waals surface area contributed by atoms with Gasteiger partial charge in [0.1, 0.15) is 5.82 Å².